The number of hydrogen-bond acceptors (Lipinski definition) is 3. The van der Waals surface area contributed by atoms with Crippen LogP contribution in [-0.2, 0) is 11.3 Å². The van der Waals surface area contributed by atoms with E-state index in [1.165, 1.54) is 4.88 Å². The Bertz CT molecular complexity index is 358. The summed E-state index contributed by atoms with van der Waals surface area (Å²) in [6, 6.07) is 4.22. The molecule has 0 bridgehead atoms. The SMILES string of the molecule is CCC(C)(N)C(=O)N(Cc1cccs1)C(C)C. The van der Waals surface area contributed by atoms with Crippen LogP contribution in [-0.4, -0.2) is 22.4 Å². The molecule has 0 saturated carbocycles. The second-order valence-corrected chi connectivity index (χ2v) is 5.91. The Morgan fingerprint density at radius 1 is 1.59 bits per heavy atom. The summed E-state index contributed by atoms with van der Waals surface area (Å²) in [6.45, 7) is 8.45. The molecule has 1 heterocycles. The van der Waals surface area contributed by atoms with Crippen LogP contribution < -0.4 is 5.73 Å². The highest BCUT2D eigenvalue weighted by molar-refractivity contribution is 7.09. The predicted octanol–water partition coefficient (Wildman–Crippen LogP) is 2.61. The molecule has 0 aliphatic rings. The minimum atomic E-state index is -0.762. The largest absolute Gasteiger partial charge is 0.334 e. The van der Waals surface area contributed by atoms with Crippen molar-refractivity contribution < 1.29 is 4.79 Å². The molecule has 17 heavy (non-hydrogen) atoms. The van der Waals surface area contributed by atoms with E-state index in [0.29, 0.717) is 13.0 Å². The summed E-state index contributed by atoms with van der Waals surface area (Å²) in [5.74, 6) is 0.0309. The molecule has 2 N–H and O–H groups in total. The van der Waals surface area contributed by atoms with E-state index in [2.05, 4.69) is 0 Å². The lowest BCUT2D eigenvalue weighted by Crippen LogP contribution is -2.54. The number of thiophene rings is 1. The fourth-order valence-electron chi connectivity index (χ4n) is 1.54. The number of nitrogens with two attached hydrogens (primary N) is 1. The molecular weight excluding hydrogens is 232 g/mol. The van der Waals surface area contributed by atoms with Gasteiger partial charge in [0.15, 0.2) is 0 Å². The Balaban J connectivity index is 2.83. The molecule has 1 aromatic heterocycles. The van der Waals surface area contributed by atoms with Gasteiger partial charge in [0.25, 0.3) is 0 Å². The van der Waals surface area contributed by atoms with Gasteiger partial charge in [-0.15, -0.1) is 11.3 Å². The molecule has 0 aliphatic carbocycles. The van der Waals surface area contributed by atoms with Crippen LogP contribution in [0.5, 0.6) is 0 Å². The molecule has 96 valence electrons. The maximum Gasteiger partial charge on any atom is 0.242 e. The average molecular weight is 254 g/mol. The number of carbonyl (C=O) groups excluding carboxylic acids is 1. The van der Waals surface area contributed by atoms with Crippen LogP contribution in [0.2, 0.25) is 0 Å². The van der Waals surface area contributed by atoms with E-state index in [9.17, 15) is 4.79 Å². The second kappa shape index (κ2) is 5.65. The van der Waals surface area contributed by atoms with Crippen molar-refractivity contribution in [3.05, 3.63) is 22.4 Å². The summed E-state index contributed by atoms with van der Waals surface area (Å²) in [5.41, 5.74) is 5.28. The molecule has 0 fully saturated rings. The highest BCUT2D eigenvalue weighted by Gasteiger charge is 2.32. The van der Waals surface area contributed by atoms with Gasteiger partial charge < -0.3 is 10.6 Å². The van der Waals surface area contributed by atoms with Crippen molar-refractivity contribution in [3.8, 4) is 0 Å². The summed E-state index contributed by atoms with van der Waals surface area (Å²) in [4.78, 5) is 15.4. The van der Waals surface area contributed by atoms with Crippen molar-refractivity contribution in [3.63, 3.8) is 0 Å². The zero-order valence-corrected chi connectivity index (χ0v) is 11.9. The first-order chi connectivity index (χ1) is 7.88. The van der Waals surface area contributed by atoms with Crippen LogP contribution in [0.15, 0.2) is 17.5 Å². The normalized spacial score (nSPS) is 14.7. The highest BCUT2D eigenvalue weighted by Crippen LogP contribution is 2.18. The first kappa shape index (κ1) is 14.2. The molecule has 0 aromatic carbocycles. The van der Waals surface area contributed by atoms with E-state index in [4.69, 9.17) is 5.73 Å². The van der Waals surface area contributed by atoms with Gasteiger partial charge in [-0.1, -0.05) is 13.0 Å². The van der Waals surface area contributed by atoms with Crippen molar-refractivity contribution in [1.29, 1.82) is 0 Å². The third-order valence-corrected chi connectivity index (χ3v) is 3.87. The molecule has 1 aromatic rings. The maximum atomic E-state index is 12.4. The first-order valence-corrected chi connectivity index (χ1v) is 6.88. The zero-order chi connectivity index (χ0) is 13.1. The number of hydrogen-bond donors (Lipinski definition) is 1. The molecule has 1 atom stereocenters. The van der Waals surface area contributed by atoms with Gasteiger partial charge in [-0.25, -0.2) is 0 Å². The lowest BCUT2D eigenvalue weighted by molar-refractivity contribution is -0.138. The maximum absolute atomic E-state index is 12.4. The summed E-state index contributed by atoms with van der Waals surface area (Å²) < 4.78 is 0. The van der Waals surface area contributed by atoms with Crippen molar-refractivity contribution in [2.45, 2.75) is 52.2 Å². The quantitative estimate of drug-likeness (QED) is 0.878. The Hall–Kier alpha value is -0.870. The highest BCUT2D eigenvalue weighted by atomic mass is 32.1. The third-order valence-electron chi connectivity index (χ3n) is 3.01. The smallest absolute Gasteiger partial charge is 0.242 e. The third kappa shape index (κ3) is 3.54. The molecule has 1 rings (SSSR count). The van der Waals surface area contributed by atoms with E-state index in [-0.39, 0.29) is 11.9 Å². The Labute approximate surface area is 108 Å². The molecule has 0 radical (unpaired) electrons. The fourth-order valence-corrected chi connectivity index (χ4v) is 2.24. The number of rotatable bonds is 5. The van der Waals surface area contributed by atoms with E-state index < -0.39 is 5.54 Å². The van der Waals surface area contributed by atoms with E-state index >= 15 is 0 Å². The number of carbonyl (C=O) groups is 1. The van der Waals surface area contributed by atoms with Crippen LogP contribution in [0.25, 0.3) is 0 Å². The molecule has 0 spiro atoms. The van der Waals surface area contributed by atoms with Gasteiger partial charge in [0, 0.05) is 10.9 Å². The topological polar surface area (TPSA) is 46.3 Å². The van der Waals surface area contributed by atoms with Crippen LogP contribution in [0.3, 0.4) is 0 Å². The molecular formula is C13H22N2OS. The Kier molecular flexibility index (Phi) is 4.71. The second-order valence-electron chi connectivity index (χ2n) is 4.88. The molecule has 1 amide bonds. The zero-order valence-electron chi connectivity index (χ0n) is 11.1. The van der Waals surface area contributed by atoms with E-state index in [0.717, 1.165) is 0 Å². The van der Waals surface area contributed by atoms with Crippen molar-refractivity contribution in [2.24, 2.45) is 5.73 Å². The molecule has 4 heteroatoms. The van der Waals surface area contributed by atoms with Gasteiger partial charge in [0.2, 0.25) is 5.91 Å². The van der Waals surface area contributed by atoms with Crippen LogP contribution in [0.4, 0.5) is 0 Å². The Morgan fingerprint density at radius 3 is 2.65 bits per heavy atom. The average Bonchev–Trinajstić information content (AvgIpc) is 2.77. The molecule has 0 saturated heterocycles. The first-order valence-electron chi connectivity index (χ1n) is 6.00. The van der Waals surface area contributed by atoms with Crippen molar-refractivity contribution in [2.75, 3.05) is 0 Å². The van der Waals surface area contributed by atoms with Crippen molar-refractivity contribution in [1.82, 2.24) is 4.90 Å². The summed E-state index contributed by atoms with van der Waals surface area (Å²) >= 11 is 1.67. The van der Waals surface area contributed by atoms with Gasteiger partial charge in [-0.05, 0) is 38.6 Å². The number of amides is 1. The standard InChI is InChI=1S/C13H22N2OS/c1-5-13(4,14)12(16)15(10(2)3)9-11-7-6-8-17-11/h6-8,10H,5,9,14H2,1-4H3. The molecule has 0 aliphatic heterocycles. The lowest BCUT2D eigenvalue weighted by atomic mass is 9.97. The molecule has 1 unspecified atom stereocenters. The van der Waals surface area contributed by atoms with Gasteiger partial charge in [0.1, 0.15) is 0 Å². The molecule has 3 nitrogen and oxygen atoms in total. The summed E-state index contributed by atoms with van der Waals surface area (Å²) in [7, 11) is 0. The Morgan fingerprint density at radius 2 is 2.24 bits per heavy atom. The van der Waals surface area contributed by atoms with E-state index in [1.807, 2.05) is 43.2 Å². The van der Waals surface area contributed by atoms with Gasteiger partial charge in [-0.2, -0.15) is 0 Å². The van der Waals surface area contributed by atoms with Crippen LogP contribution >= 0.6 is 11.3 Å². The van der Waals surface area contributed by atoms with Gasteiger partial charge in [-0.3, -0.25) is 4.79 Å². The lowest BCUT2D eigenvalue weighted by Gasteiger charge is -2.33. The van der Waals surface area contributed by atoms with E-state index in [1.54, 1.807) is 18.3 Å². The minimum absolute atomic E-state index is 0.0309. The van der Waals surface area contributed by atoms with Crippen molar-refractivity contribution >= 4 is 17.2 Å². The predicted molar refractivity (Wildman–Crippen MR) is 72.9 cm³/mol. The van der Waals surface area contributed by atoms with Crippen LogP contribution in [0.1, 0.15) is 39.0 Å². The minimum Gasteiger partial charge on any atom is -0.334 e. The number of nitrogens with zero attached hydrogens (tertiary/aromatic N) is 1. The van der Waals surface area contributed by atoms with Crippen LogP contribution in [0, 0.1) is 0 Å². The monoisotopic (exact) mass is 254 g/mol. The van der Waals surface area contributed by atoms with Gasteiger partial charge in [0.05, 0.1) is 12.1 Å². The fraction of sp³-hybridized carbons (Fsp3) is 0.615. The van der Waals surface area contributed by atoms with Gasteiger partial charge >= 0.3 is 0 Å². The summed E-state index contributed by atoms with van der Waals surface area (Å²) in [6.07, 6.45) is 0.652. The summed E-state index contributed by atoms with van der Waals surface area (Å²) in [5, 5.41) is 2.03.